The average Bonchev–Trinajstić information content (AvgIpc) is 1.88. The summed E-state index contributed by atoms with van der Waals surface area (Å²) in [4.78, 5) is 10.5. The first-order valence-electron chi connectivity index (χ1n) is 2.14. The molecule has 1 rings (SSSR count). The standard InChI is InChI=1S/C4H3ClN3O/c1-9-4-7-2-6-3(5)8-4/h1H3. The van der Waals surface area contributed by atoms with Gasteiger partial charge < -0.3 is 4.74 Å². The summed E-state index contributed by atoms with van der Waals surface area (Å²) in [7, 11) is 1.44. The highest BCUT2D eigenvalue weighted by Crippen LogP contribution is 2.01. The number of methoxy groups -OCH3 is 1. The van der Waals surface area contributed by atoms with Crippen LogP contribution in [-0.2, 0) is 0 Å². The molecule has 0 spiro atoms. The summed E-state index contributed by atoms with van der Waals surface area (Å²) in [5.41, 5.74) is 0. The molecule has 0 unspecified atom stereocenters. The van der Waals surface area contributed by atoms with Crippen LogP contribution in [0.4, 0.5) is 0 Å². The molecule has 0 saturated heterocycles. The number of hydrogen-bond donors (Lipinski definition) is 0. The lowest BCUT2D eigenvalue weighted by molar-refractivity contribution is 0.377. The van der Waals surface area contributed by atoms with Crippen LogP contribution in [0, 0.1) is 6.33 Å². The Balaban J connectivity index is 2.94. The Hall–Kier alpha value is -0.900. The minimum atomic E-state index is 0.0850. The van der Waals surface area contributed by atoms with Crippen molar-refractivity contribution < 1.29 is 4.74 Å². The molecular weight excluding hydrogens is 142 g/mol. The van der Waals surface area contributed by atoms with Gasteiger partial charge in [0.05, 0.1) is 7.11 Å². The molecule has 0 atom stereocenters. The molecule has 47 valence electrons. The van der Waals surface area contributed by atoms with E-state index >= 15 is 0 Å². The van der Waals surface area contributed by atoms with Gasteiger partial charge in [0.25, 0.3) is 0 Å². The lowest BCUT2D eigenvalue weighted by Gasteiger charge is -1.92. The van der Waals surface area contributed by atoms with Crippen LogP contribution >= 0.6 is 11.6 Å². The highest BCUT2D eigenvalue weighted by Gasteiger charge is 1.94. The molecule has 0 aliphatic carbocycles. The van der Waals surface area contributed by atoms with Gasteiger partial charge in [-0.3, -0.25) is 0 Å². The topological polar surface area (TPSA) is 47.9 Å². The van der Waals surface area contributed by atoms with Crippen molar-refractivity contribution in [2.24, 2.45) is 0 Å². The molecule has 1 aromatic heterocycles. The van der Waals surface area contributed by atoms with E-state index in [1.54, 1.807) is 0 Å². The number of rotatable bonds is 1. The smallest absolute Gasteiger partial charge is 0.321 e. The monoisotopic (exact) mass is 144 g/mol. The van der Waals surface area contributed by atoms with E-state index in [1.807, 2.05) is 0 Å². The lowest BCUT2D eigenvalue weighted by atomic mass is 11.0. The van der Waals surface area contributed by atoms with Gasteiger partial charge in [-0.1, -0.05) is 0 Å². The molecule has 0 fully saturated rings. The van der Waals surface area contributed by atoms with Crippen molar-refractivity contribution in [1.29, 1.82) is 0 Å². The maximum Gasteiger partial charge on any atom is 0.321 e. The van der Waals surface area contributed by atoms with Crippen LogP contribution in [-0.4, -0.2) is 22.1 Å². The van der Waals surface area contributed by atoms with E-state index in [-0.39, 0.29) is 11.3 Å². The first-order chi connectivity index (χ1) is 4.33. The summed E-state index contributed by atoms with van der Waals surface area (Å²) in [5.74, 6) is 0. The normalized spacial score (nSPS) is 9.11. The summed E-state index contributed by atoms with van der Waals surface area (Å²) in [6.45, 7) is 0. The molecule has 1 heterocycles. The van der Waals surface area contributed by atoms with E-state index in [1.165, 1.54) is 7.11 Å². The average molecular weight is 145 g/mol. The van der Waals surface area contributed by atoms with E-state index in [9.17, 15) is 0 Å². The zero-order valence-corrected chi connectivity index (χ0v) is 5.38. The van der Waals surface area contributed by atoms with Crippen LogP contribution in [0.2, 0.25) is 5.28 Å². The van der Waals surface area contributed by atoms with Crippen molar-refractivity contribution >= 4 is 11.6 Å². The molecule has 0 N–H and O–H groups in total. The third-order valence-corrected chi connectivity index (χ3v) is 0.827. The SMILES string of the molecule is COc1n[c]nc(Cl)n1. The van der Waals surface area contributed by atoms with Gasteiger partial charge in [0, 0.05) is 0 Å². The minimum absolute atomic E-state index is 0.0850. The third kappa shape index (κ3) is 1.50. The molecule has 4 nitrogen and oxygen atoms in total. The van der Waals surface area contributed by atoms with Crippen LogP contribution in [0.25, 0.3) is 0 Å². The van der Waals surface area contributed by atoms with E-state index in [0.717, 1.165) is 0 Å². The third-order valence-electron chi connectivity index (χ3n) is 0.658. The Bertz CT molecular complexity index is 205. The largest absolute Gasteiger partial charge is 0.467 e. The highest BCUT2D eigenvalue weighted by atomic mass is 35.5. The van der Waals surface area contributed by atoms with Gasteiger partial charge in [-0.05, 0) is 11.6 Å². The molecule has 1 aromatic rings. The van der Waals surface area contributed by atoms with E-state index in [2.05, 4.69) is 26.0 Å². The minimum Gasteiger partial charge on any atom is -0.467 e. The maximum absolute atomic E-state index is 5.35. The lowest BCUT2D eigenvalue weighted by Crippen LogP contribution is -1.92. The van der Waals surface area contributed by atoms with Gasteiger partial charge in [0.2, 0.25) is 11.6 Å². The summed E-state index contributed by atoms with van der Waals surface area (Å²) < 4.78 is 4.62. The number of ether oxygens (including phenoxy) is 1. The summed E-state index contributed by atoms with van der Waals surface area (Å²) in [5, 5.41) is 0.0850. The molecular formula is C4H3ClN3O. The van der Waals surface area contributed by atoms with Crippen molar-refractivity contribution in [2.45, 2.75) is 0 Å². The molecule has 0 aromatic carbocycles. The van der Waals surface area contributed by atoms with Crippen molar-refractivity contribution in [2.75, 3.05) is 7.11 Å². The Morgan fingerprint density at radius 1 is 1.56 bits per heavy atom. The summed E-state index contributed by atoms with van der Waals surface area (Å²) >= 11 is 5.35. The fraction of sp³-hybridized carbons (Fsp3) is 0.250. The van der Waals surface area contributed by atoms with Crippen LogP contribution in [0.5, 0.6) is 6.01 Å². The van der Waals surface area contributed by atoms with E-state index in [4.69, 9.17) is 11.6 Å². The summed E-state index contributed by atoms with van der Waals surface area (Å²) in [6.07, 6.45) is 2.26. The zero-order valence-electron chi connectivity index (χ0n) is 4.63. The first kappa shape index (κ1) is 6.22. The van der Waals surface area contributed by atoms with Gasteiger partial charge >= 0.3 is 6.01 Å². The second kappa shape index (κ2) is 2.59. The molecule has 0 amide bonds. The van der Waals surface area contributed by atoms with E-state index < -0.39 is 0 Å². The van der Waals surface area contributed by atoms with Gasteiger partial charge in [-0.25, -0.2) is 0 Å². The summed E-state index contributed by atoms with van der Waals surface area (Å²) in [6, 6.07) is 0.176. The van der Waals surface area contributed by atoms with Gasteiger partial charge in [-0.2, -0.15) is 15.0 Å². The fourth-order valence-corrected chi connectivity index (χ4v) is 0.439. The van der Waals surface area contributed by atoms with Crippen molar-refractivity contribution in [3.8, 4) is 6.01 Å². The maximum atomic E-state index is 5.35. The Labute approximate surface area is 56.9 Å². The van der Waals surface area contributed by atoms with Crippen LogP contribution < -0.4 is 4.74 Å². The molecule has 0 aliphatic rings. The van der Waals surface area contributed by atoms with Crippen LogP contribution in [0.3, 0.4) is 0 Å². The zero-order chi connectivity index (χ0) is 6.69. The second-order valence-corrected chi connectivity index (χ2v) is 1.53. The Kier molecular flexibility index (Phi) is 1.79. The van der Waals surface area contributed by atoms with Gasteiger partial charge in [0.15, 0.2) is 0 Å². The van der Waals surface area contributed by atoms with Crippen molar-refractivity contribution in [1.82, 2.24) is 15.0 Å². The predicted molar refractivity (Wildman–Crippen MR) is 30.2 cm³/mol. The number of halogens is 1. The van der Waals surface area contributed by atoms with Crippen molar-refractivity contribution in [3.05, 3.63) is 11.6 Å². The second-order valence-electron chi connectivity index (χ2n) is 1.19. The van der Waals surface area contributed by atoms with Gasteiger partial charge in [-0.15, -0.1) is 0 Å². The molecule has 0 aliphatic heterocycles. The molecule has 9 heavy (non-hydrogen) atoms. The fourth-order valence-electron chi connectivity index (χ4n) is 0.329. The Morgan fingerprint density at radius 3 is 2.78 bits per heavy atom. The van der Waals surface area contributed by atoms with Crippen molar-refractivity contribution in [3.63, 3.8) is 0 Å². The molecule has 0 saturated carbocycles. The van der Waals surface area contributed by atoms with Crippen LogP contribution in [0.1, 0.15) is 0 Å². The quantitative estimate of drug-likeness (QED) is 0.570. The number of nitrogens with zero attached hydrogens (tertiary/aromatic N) is 3. The van der Waals surface area contributed by atoms with Crippen LogP contribution in [0.15, 0.2) is 0 Å². The Morgan fingerprint density at radius 2 is 2.33 bits per heavy atom. The predicted octanol–water partition coefficient (Wildman–Crippen LogP) is 0.334. The van der Waals surface area contributed by atoms with E-state index in [0.29, 0.717) is 0 Å². The van der Waals surface area contributed by atoms with Gasteiger partial charge in [0.1, 0.15) is 0 Å². The number of aromatic nitrogens is 3. The highest BCUT2D eigenvalue weighted by molar-refractivity contribution is 6.28. The molecule has 0 bridgehead atoms. The number of hydrogen-bond acceptors (Lipinski definition) is 4. The molecule has 1 radical (unpaired) electrons. The molecule has 5 heteroatoms. The first-order valence-corrected chi connectivity index (χ1v) is 2.52.